The number of rotatable bonds is 4. The standard InChI is InChI=1S/C16H27N3O2/c1-12-14(13(2)19(17-12)7-9-20)11-18-8-10-21-16-6-4-3-5-15(16)18/h15-16,20H,3-11H2,1-2H3. The van der Waals surface area contributed by atoms with Crippen molar-refractivity contribution in [1.82, 2.24) is 14.7 Å². The maximum absolute atomic E-state index is 9.13. The number of aliphatic hydroxyl groups excluding tert-OH is 1. The van der Waals surface area contributed by atoms with Crippen LogP contribution in [0.4, 0.5) is 0 Å². The highest BCUT2D eigenvalue weighted by atomic mass is 16.5. The molecular formula is C16H27N3O2. The molecule has 3 rings (SSSR count). The summed E-state index contributed by atoms with van der Waals surface area (Å²) in [6.07, 6.45) is 5.53. The molecule has 0 amide bonds. The maximum atomic E-state index is 9.13. The fourth-order valence-electron chi connectivity index (χ4n) is 3.85. The van der Waals surface area contributed by atoms with E-state index >= 15 is 0 Å². The van der Waals surface area contributed by atoms with Crippen LogP contribution in [0.25, 0.3) is 0 Å². The third kappa shape index (κ3) is 3.00. The molecule has 118 valence electrons. The summed E-state index contributed by atoms with van der Waals surface area (Å²) >= 11 is 0. The van der Waals surface area contributed by atoms with E-state index in [-0.39, 0.29) is 6.61 Å². The minimum Gasteiger partial charge on any atom is -0.394 e. The molecule has 1 aliphatic heterocycles. The zero-order chi connectivity index (χ0) is 14.8. The predicted octanol–water partition coefficient (Wildman–Crippen LogP) is 1.64. The fraction of sp³-hybridized carbons (Fsp3) is 0.812. The van der Waals surface area contributed by atoms with Crippen molar-refractivity contribution in [3.8, 4) is 0 Å². The number of morpholine rings is 1. The molecule has 1 aromatic rings. The van der Waals surface area contributed by atoms with Crippen LogP contribution in [0.2, 0.25) is 0 Å². The number of aromatic nitrogens is 2. The van der Waals surface area contributed by atoms with Crippen molar-refractivity contribution < 1.29 is 9.84 Å². The third-order valence-electron chi connectivity index (χ3n) is 5.05. The van der Waals surface area contributed by atoms with Crippen molar-refractivity contribution in [2.24, 2.45) is 0 Å². The van der Waals surface area contributed by atoms with Gasteiger partial charge in [-0.25, -0.2) is 0 Å². The first-order chi connectivity index (χ1) is 10.2. The van der Waals surface area contributed by atoms with Gasteiger partial charge in [-0.3, -0.25) is 9.58 Å². The summed E-state index contributed by atoms with van der Waals surface area (Å²) in [4.78, 5) is 2.59. The molecule has 2 heterocycles. The van der Waals surface area contributed by atoms with Gasteiger partial charge in [0.1, 0.15) is 0 Å². The summed E-state index contributed by atoms with van der Waals surface area (Å²) < 4.78 is 7.89. The molecule has 1 saturated heterocycles. The molecule has 0 spiro atoms. The van der Waals surface area contributed by atoms with Crippen LogP contribution in [0, 0.1) is 13.8 Å². The Bertz CT molecular complexity index is 484. The maximum Gasteiger partial charge on any atom is 0.0731 e. The lowest BCUT2D eigenvalue weighted by Gasteiger charge is -2.43. The van der Waals surface area contributed by atoms with Crippen LogP contribution in [-0.4, -0.2) is 51.7 Å². The highest BCUT2D eigenvalue weighted by molar-refractivity contribution is 5.24. The van der Waals surface area contributed by atoms with Gasteiger partial charge in [0, 0.05) is 30.4 Å². The minimum atomic E-state index is 0.143. The number of ether oxygens (including phenoxy) is 1. The average molecular weight is 293 g/mol. The van der Waals surface area contributed by atoms with Gasteiger partial charge in [0.2, 0.25) is 0 Å². The highest BCUT2D eigenvalue weighted by Gasteiger charge is 2.34. The molecule has 2 aliphatic rings. The molecule has 0 bridgehead atoms. The number of fused-ring (bicyclic) bond motifs is 1. The Kier molecular flexibility index (Phi) is 4.62. The fourth-order valence-corrected chi connectivity index (χ4v) is 3.85. The zero-order valence-corrected chi connectivity index (χ0v) is 13.2. The monoisotopic (exact) mass is 293 g/mol. The lowest BCUT2D eigenvalue weighted by atomic mass is 9.90. The van der Waals surface area contributed by atoms with Gasteiger partial charge in [-0.15, -0.1) is 0 Å². The van der Waals surface area contributed by atoms with Crippen LogP contribution in [-0.2, 0) is 17.8 Å². The molecule has 1 N–H and O–H groups in total. The van der Waals surface area contributed by atoms with E-state index in [1.807, 2.05) is 4.68 Å². The summed E-state index contributed by atoms with van der Waals surface area (Å²) in [5.74, 6) is 0. The minimum absolute atomic E-state index is 0.143. The molecular weight excluding hydrogens is 266 g/mol. The van der Waals surface area contributed by atoms with E-state index in [1.165, 1.54) is 36.9 Å². The highest BCUT2D eigenvalue weighted by Crippen LogP contribution is 2.30. The second kappa shape index (κ2) is 6.46. The second-order valence-electron chi connectivity index (χ2n) is 6.33. The first-order valence-corrected chi connectivity index (χ1v) is 8.20. The molecule has 0 aromatic carbocycles. The van der Waals surface area contributed by atoms with Crippen LogP contribution in [0.3, 0.4) is 0 Å². The Balaban J connectivity index is 1.76. The number of hydrogen-bond donors (Lipinski definition) is 1. The van der Waals surface area contributed by atoms with Crippen molar-refractivity contribution in [1.29, 1.82) is 0 Å². The summed E-state index contributed by atoms with van der Waals surface area (Å²) in [5, 5.41) is 13.7. The molecule has 1 aliphatic carbocycles. The van der Waals surface area contributed by atoms with Crippen LogP contribution in [0.5, 0.6) is 0 Å². The SMILES string of the molecule is Cc1nn(CCO)c(C)c1CN1CCOC2CCCCC21. The topological polar surface area (TPSA) is 50.5 Å². The van der Waals surface area contributed by atoms with Gasteiger partial charge in [0.15, 0.2) is 0 Å². The summed E-state index contributed by atoms with van der Waals surface area (Å²) in [5.41, 5.74) is 3.62. The number of nitrogens with zero attached hydrogens (tertiary/aromatic N) is 3. The van der Waals surface area contributed by atoms with Gasteiger partial charge in [-0.2, -0.15) is 5.10 Å². The smallest absolute Gasteiger partial charge is 0.0731 e. The molecule has 0 radical (unpaired) electrons. The van der Waals surface area contributed by atoms with Crippen LogP contribution in [0.1, 0.15) is 42.6 Å². The predicted molar refractivity (Wildman–Crippen MR) is 81.2 cm³/mol. The van der Waals surface area contributed by atoms with Crippen molar-refractivity contribution in [2.75, 3.05) is 19.8 Å². The zero-order valence-electron chi connectivity index (χ0n) is 13.2. The average Bonchev–Trinajstić information content (AvgIpc) is 2.76. The Hall–Kier alpha value is -0.910. The van der Waals surface area contributed by atoms with E-state index in [2.05, 4.69) is 23.8 Å². The first-order valence-electron chi connectivity index (χ1n) is 8.20. The molecule has 2 unspecified atom stereocenters. The summed E-state index contributed by atoms with van der Waals surface area (Å²) in [6.45, 7) is 7.76. The van der Waals surface area contributed by atoms with Gasteiger partial charge >= 0.3 is 0 Å². The molecule has 21 heavy (non-hydrogen) atoms. The Morgan fingerprint density at radius 3 is 2.90 bits per heavy atom. The van der Waals surface area contributed by atoms with E-state index in [0.29, 0.717) is 18.7 Å². The number of aryl methyl sites for hydroxylation is 1. The molecule has 1 saturated carbocycles. The lowest BCUT2D eigenvalue weighted by molar-refractivity contribution is -0.0912. The normalized spacial score (nSPS) is 26.8. The Morgan fingerprint density at radius 1 is 1.29 bits per heavy atom. The number of hydrogen-bond acceptors (Lipinski definition) is 4. The van der Waals surface area contributed by atoms with Gasteiger partial charge in [-0.05, 0) is 26.7 Å². The molecule has 2 fully saturated rings. The van der Waals surface area contributed by atoms with Gasteiger partial charge in [0.05, 0.1) is 31.6 Å². The van der Waals surface area contributed by atoms with Crippen LogP contribution >= 0.6 is 0 Å². The van der Waals surface area contributed by atoms with Crippen molar-refractivity contribution >= 4 is 0 Å². The van der Waals surface area contributed by atoms with Gasteiger partial charge in [0.25, 0.3) is 0 Å². The first kappa shape index (κ1) is 15.0. The quantitative estimate of drug-likeness (QED) is 0.917. The van der Waals surface area contributed by atoms with E-state index in [4.69, 9.17) is 9.84 Å². The second-order valence-corrected chi connectivity index (χ2v) is 6.33. The van der Waals surface area contributed by atoms with Gasteiger partial charge < -0.3 is 9.84 Å². The molecule has 1 aromatic heterocycles. The summed E-state index contributed by atoms with van der Waals surface area (Å²) in [7, 11) is 0. The van der Waals surface area contributed by atoms with E-state index in [1.54, 1.807) is 0 Å². The van der Waals surface area contributed by atoms with Crippen molar-refractivity contribution in [2.45, 2.75) is 64.8 Å². The third-order valence-corrected chi connectivity index (χ3v) is 5.05. The van der Waals surface area contributed by atoms with Crippen LogP contribution < -0.4 is 0 Å². The Labute approximate surface area is 126 Å². The largest absolute Gasteiger partial charge is 0.394 e. The van der Waals surface area contributed by atoms with E-state index < -0.39 is 0 Å². The van der Waals surface area contributed by atoms with Gasteiger partial charge in [-0.1, -0.05) is 12.8 Å². The summed E-state index contributed by atoms with van der Waals surface area (Å²) in [6, 6.07) is 0.576. The molecule has 5 heteroatoms. The lowest BCUT2D eigenvalue weighted by Crippen LogP contribution is -2.52. The van der Waals surface area contributed by atoms with E-state index in [9.17, 15) is 0 Å². The number of aliphatic hydroxyl groups is 1. The Morgan fingerprint density at radius 2 is 2.10 bits per heavy atom. The van der Waals surface area contributed by atoms with Crippen LogP contribution in [0.15, 0.2) is 0 Å². The van der Waals surface area contributed by atoms with Crippen molar-refractivity contribution in [3.63, 3.8) is 0 Å². The van der Waals surface area contributed by atoms with Crippen molar-refractivity contribution in [3.05, 3.63) is 17.0 Å². The molecule has 5 nitrogen and oxygen atoms in total. The molecule has 2 atom stereocenters. The van der Waals surface area contributed by atoms with E-state index in [0.717, 1.165) is 25.4 Å².